The van der Waals surface area contributed by atoms with Gasteiger partial charge < -0.3 is 15.0 Å². The van der Waals surface area contributed by atoms with E-state index in [-0.39, 0.29) is 5.82 Å². The smallest absolute Gasteiger partial charge is 0.219 e. The molecule has 0 bridgehead atoms. The molecule has 0 saturated carbocycles. The number of benzene rings is 1. The van der Waals surface area contributed by atoms with Gasteiger partial charge in [0.25, 0.3) is 0 Å². The number of aromatic nitrogens is 1. The number of rotatable bonds is 3. The molecule has 5 heteroatoms. The Labute approximate surface area is 129 Å². The first-order valence-electron chi connectivity index (χ1n) is 7.52. The normalized spacial score (nSPS) is 19.6. The van der Waals surface area contributed by atoms with Gasteiger partial charge in [-0.2, -0.15) is 0 Å². The second-order valence-corrected chi connectivity index (χ2v) is 5.61. The van der Waals surface area contributed by atoms with E-state index in [2.05, 4.69) is 22.2 Å². The van der Waals surface area contributed by atoms with Crippen LogP contribution in [-0.4, -0.2) is 36.6 Å². The van der Waals surface area contributed by atoms with Gasteiger partial charge in [0.05, 0.1) is 0 Å². The highest BCUT2D eigenvalue weighted by Crippen LogP contribution is 2.22. The van der Waals surface area contributed by atoms with Crippen molar-refractivity contribution in [3.8, 4) is 11.6 Å². The number of ether oxygens (including phenoxy) is 1. The lowest BCUT2D eigenvalue weighted by Gasteiger charge is -2.20. The van der Waals surface area contributed by atoms with Crippen LogP contribution in [0.2, 0.25) is 0 Å². The van der Waals surface area contributed by atoms with Crippen LogP contribution in [0.4, 0.5) is 4.39 Å². The van der Waals surface area contributed by atoms with Gasteiger partial charge in [0.15, 0.2) is 0 Å². The van der Waals surface area contributed by atoms with Gasteiger partial charge in [0, 0.05) is 24.8 Å². The largest absolute Gasteiger partial charge is 0.439 e. The molecule has 0 amide bonds. The Kier molecular flexibility index (Phi) is 4.65. The van der Waals surface area contributed by atoms with E-state index in [0.29, 0.717) is 17.7 Å². The van der Waals surface area contributed by atoms with Gasteiger partial charge >= 0.3 is 0 Å². The van der Waals surface area contributed by atoms with E-state index in [0.717, 1.165) is 31.6 Å². The first-order valence-corrected chi connectivity index (χ1v) is 7.52. The molecular formula is C17H20FN3O. The minimum Gasteiger partial charge on any atom is -0.439 e. The molecule has 1 aliphatic heterocycles. The molecule has 2 heterocycles. The quantitative estimate of drug-likeness (QED) is 0.946. The Balaban J connectivity index is 1.68. The third kappa shape index (κ3) is 3.81. The van der Waals surface area contributed by atoms with Crippen molar-refractivity contribution in [3.63, 3.8) is 0 Å². The minimum absolute atomic E-state index is 0.279. The van der Waals surface area contributed by atoms with E-state index in [1.807, 2.05) is 18.3 Å². The van der Waals surface area contributed by atoms with E-state index in [9.17, 15) is 4.39 Å². The lowest BCUT2D eigenvalue weighted by molar-refractivity contribution is 0.326. The Morgan fingerprint density at radius 1 is 1.23 bits per heavy atom. The van der Waals surface area contributed by atoms with Crippen LogP contribution >= 0.6 is 0 Å². The highest BCUT2D eigenvalue weighted by Gasteiger charge is 2.17. The van der Waals surface area contributed by atoms with Crippen molar-refractivity contribution in [1.82, 2.24) is 15.2 Å². The van der Waals surface area contributed by atoms with E-state index < -0.39 is 0 Å². The molecule has 2 aromatic rings. The van der Waals surface area contributed by atoms with Crippen LogP contribution in [0, 0.1) is 5.82 Å². The molecule has 4 nitrogen and oxygen atoms in total. The summed E-state index contributed by atoms with van der Waals surface area (Å²) in [5.74, 6) is 0.811. The topological polar surface area (TPSA) is 37.4 Å². The Bertz CT molecular complexity index is 600. The predicted octanol–water partition coefficient (Wildman–Crippen LogP) is 2.98. The zero-order valence-electron chi connectivity index (χ0n) is 12.6. The van der Waals surface area contributed by atoms with Gasteiger partial charge in [-0.25, -0.2) is 9.37 Å². The van der Waals surface area contributed by atoms with Crippen LogP contribution in [0.1, 0.15) is 18.0 Å². The SMILES string of the molecule is CN1CCCNC(c2ccc(Oc3ccc(F)cc3)nc2)C1. The summed E-state index contributed by atoms with van der Waals surface area (Å²) in [6.07, 6.45) is 3.00. The number of nitrogens with one attached hydrogen (secondary N) is 1. The fourth-order valence-electron chi connectivity index (χ4n) is 2.60. The van der Waals surface area contributed by atoms with Gasteiger partial charge in [-0.05, 0) is 56.4 Å². The van der Waals surface area contributed by atoms with Crippen molar-refractivity contribution in [3.05, 3.63) is 54.0 Å². The summed E-state index contributed by atoms with van der Waals surface area (Å²) in [6.45, 7) is 3.10. The minimum atomic E-state index is -0.279. The lowest BCUT2D eigenvalue weighted by atomic mass is 10.1. The third-order valence-corrected chi connectivity index (χ3v) is 3.80. The maximum atomic E-state index is 12.9. The molecule has 0 radical (unpaired) electrons. The Morgan fingerprint density at radius 3 is 2.77 bits per heavy atom. The van der Waals surface area contributed by atoms with Crippen molar-refractivity contribution >= 4 is 0 Å². The molecular weight excluding hydrogens is 281 g/mol. The molecule has 1 aliphatic rings. The highest BCUT2D eigenvalue weighted by atomic mass is 19.1. The standard InChI is InChI=1S/C17H20FN3O/c1-21-10-2-9-19-16(12-21)13-3-8-17(20-11-13)22-15-6-4-14(18)5-7-15/h3-8,11,16,19H,2,9-10,12H2,1H3. The summed E-state index contributed by atoms with van der Waals surface area (Å²) < 4.78 is 18.5. The first-order chi connectivity index (χ1) is 10.7. The molecule has 116 valence electrons. The molecule has 0 spiro atoms. The van der Waals surface area contributed by atoms with Gasteiger partial charge in [-0.15, -0.1) is 0 Å². The van der Waals surface area contributed by atoms with Gasteiger partial charge in [-0.1, -0.05) is 6.07 Å². The summed E-state index contributed by atoms with van der Waals surface area (Å²) >= 11 is 0. The zero-order valence-corrected chi connectivity index (χ0v) is 12.6. The maximum absolute atomic E-state index is 12.9. The molecule has 1 saturated heterocycles. The zero-order chi connectivity index (χ0) is 15.4. The molecule has 3 rings (SSSR count). The molecule has 1 N–H and O–H groups in total. The fraction of sp³-hybridized carbons (Fsp3) is 0.353. The predicted molar refractivity (Wildman–Crippen MR) is 83.6 cm³/mol. The van der Waals surface area contributed by atoms with Crippen LogP contribution < -0.4 is 10.1 Å². The van der Waals surface area contributed by atoms with Crippen LogP contribution in [-0.2, 0) is 0 Å². The maximum Gasteiger partial charge on any atom is 0.219 e. The second kappa shape index (κ2) is 6.85. The molecule has 22 heavy (non-hydrogen) atoms. The van der Waals surface area contributed by atoms with Crippen molar-refractivity contribution in [1.29, 1.82) is 0 Å². The molecule has 1 unspecified atom stereocenters. The van der Waals surface area contributed by atoms with Gasteiger partial charge in [0.2, 0.25) is 5.88 Å². The van der Waals surface area contributed by atoms with Crippen LogP contribution in [0.3, 0.4) is 0 Å². The van der Waals surface area contributed by atoms with Crippen LogP contribution in [0.25, 0.3) is 0 Å². The number of nitrogens with zero attached hydrogens (tertiary/aromatic N) is 2. The van der Waals surface area contributed by atoms with Crippen LogP contribution in [0.5, 0.6) is 11.6 Å². The number of pyridine rings is 1. The Hall–Kier alpha value is -1.98. The van der Waals surface area contributed by atoms with E-state index in [1.165, 1.54) is 12.1 Å². The van der Waals surface area contributed by atoms with Crippen molar-refractivity contribution in [2.24, 2.45) is 0 Å². The molecule has 1 atom stereocenters. The van der Waals surface area contributed by atoms with Gasteiger partial charge in [0.1, 0.15) is 11.6 Å². The first kappa shape index (κ1) is 14.9. The Morgan fingerprint density at radius 2 is 2.05 bits per heavy atom. The summed E-state index contributed by atoms with van der Waals surface area (Å²) in [6, 6.07) is 10.1. The van der Waals surface area contributed by atoms with Crippen molar-refractivity contribution < 1.29 is 9.13 Å². The van der Waals surface area contributed by atoms with E-state index in [1.54, 1.807) is 12.1 Å². The average molecular weight is 301 g/mol. The van der Waals surface area contributed by atoms with Gasteiger partial charge in [-0.3, -0.25) is 0 Å². The number of hydrogen-bond acceptors (Lipinski definition) is 4. The summed E-state index contributed by atoms with van der Waals surface area (Å²) in [5, 5.41) is 3.54. The average Bonchev–Trinajstić information content (AvgIpc) is 2.75. The second-order valence-electron chi connectivity index (χ2n) is 5.61. The summed E-state index contributed by atoms with van der Waals surface area (Å²) in [5.41, 5.74) is 1.15. The van der Waals surface area contributed by atoms with Crippen molar-refractivity contribution in [2.45, 2.75) is 12.5 Å². The molecule has 1 fully saturated rings. The van der Waals surface area contributed by atoms with E-state index >= 15 is 0 Å². The number of likely N-dealkylation sites (N-methyl/N-ethyl adjacent to an activating group) is 1. The number of hydrogen-bond donors (Lipinski definition) is 1. The van der Waals surface area contributed by atoms with E-state index in [4.69, 9.17) is 4.74 Å². The van der Waals surface area contributed by atoms with Crippen molar-refractivity contribution in [2.75, 3.05) is 26.7 Å². The van der Waals surface area contributed by atoms with Crippen LogP contribution in [0.15, 0.2) is 42.6 Å². The summed E-state index contributed by atoms with van der Waals surface area (Å²) in [4.78, 5) is 6.68. The fourth-order valence-corrected chi connectivity index (χ4v) is 2.60. The molecule has 0 aliphatic carbocycles. The summed E-state index contributed by atoms with van der Waals surface area (Å²) in [7, 11) is 2.14. The molecule has 1 aromatic carbocycles. The highest BCUT2D eigenvalue weighted by molar-refractivity contribution is 5.28. The molecule has 1 aromatic heterocycles. The monoisotopic (exact) mass is 301 g/mol. The number of halogens is 1. The third-order valence-electron chi connectivity index (χ3n) is 3.80. The lowest BCUT2D eigenvalue weighted by Crippen LogP contribution is -2.28.